The van der Waals surface area contributed by atoms with Crippen LogP contribution < -0.4 is 0 Å². The fraction of sp³-hybridized carbons (Fsp3) is 0.154. The summed E-state index contributed by atoms with van der Waals surface area (Å²) in [4.78, 5) is 22.4. The molecular formula is C13H11ClN4O2. The van der Waals surface area contributed by atoms with Crippen molar-refractivity contribution in [2.75, 3.05) is 0 Å². The van der Waals surface area contributed by atoms with Crippen molar-refractivity contribution in [2.24, 2.45) is 0 Å². The van der Waals surface area contributed by atoms with Gasteiger partial charge < -0.3 is 14.7 Å². The minimum atomic E-state index is -1.07. The van der Waals surface area contributed by atoms with Gasteiger partial charge in [-0.2, -0.15) is 0 Å². The molecule has 3 rings (SSSR count). The number of hydrogen-bond acceptors (Lipinski definition) is 3. The summed E-state index contributed by atoms with van der Waals surface area (Å²) in [6.07, 6.45) is 1.35. The number of nitrogens with zero attached hydrogens (tertiary/aromatic N) is 3. The Balaban J connectivity index is 2.34. The van der Waals surface area contributed by atoms with Crippen molar-refractivity contribution in [1.29, 1.82) is 0 Å². The molecule has 6 nitrogen and oxygen atoms in total. The van der Waals surface area contributed by atoms with Gasteiger partial charge in [0.2, 0.25) is 0 Å². The molecule has 0 saturated heterocycles. The zero-order valence-electron chi connectivity index (χ0n) is 10.6. The maximum absolute atomic E-state index is 11.2. The molecule has 1 aromatic carbocycles. The maximum Gasteiger partial charge on any atom is 0.354 e. The number of benzene rings is 1. The normalized spacial score (nSPS) is 11.1. The van der Waals surface area contributed by atoms with Crippen LogP contribution in [-0.2, 0) is 6.54 Å². The number of aromatic carboxylic acids is 1. The van der Waals surface area contributed by atoms with E-state index in [2.05, 4.69) is 15.0 Å². The molecule has 20 heavy (non-hydrogen) atoms. The van der Waals surface area contributed by atoms with E-state index in [1.54, 1.807) is 6.07 Å². The summed E-state index contributed by atoms with van der Waals surface area (Å²) in [6.45, 7) is 2.56. The molecule has 3 aromatic rings. The monoisotopic (exact) mass is 290 g/mol. The summed E-state index contributed by atoms with van der Waals surface area (Å²) in [7, 11) is 0. The van der Waals surface area contributed by atoms with Crippen LogP contribution in [0.2, 0.25) is 5.02 Å². The fourth-order valence-electron chi connectivity index (χ4n) is 2.26. The number of hydrogen-bond donors (Lipinski definition) is 2. The quantitative estimate of drug-likeness (QED) is 0.777. The second-order valence-corrected chi connectivity index (χ2v) is 4.63. The summed E-state index contributed by atoms with van der Waals surface area (Å²) in [5, 5.41) is 9.75. The van der Waals surface area contributed by atoms with E-state index < -0.39 is 5.97 Å². The van der Waals surface area contributed by atoms with Crippen molar-refractivity contribution < 1.29 is 9.90 Å². The van der Waals surface area contributed by atoms with Crippen LogP contribution in [-0.4, -0.2) is 30.6 Å². The van der Waals surface area contributed by atoms with E-state index in [0.717, 1.165) is 5.52 Å². The van der Waals surface area contributed by atoms with Crippen LogP contribution in [0, 0.1) is 0 Å². The third kappa shape index (κ3) is 1.77. The SMILES string of the molecule is CCn1c(-c2nc[nH]c2C(=O)O)nc2cccc(Cl)c21. The minimum Gasteiger partial charge on any atom is -0.477 e. The van der Waals surface area contributed by atoms with Gasteiger partial charge in [0, 0.05) is 6.54 Å². The van der Waals surface area contributed by atoms with E-state index in [4.69, 9.17) is 11.6 Å². The summed E-state index contributed by atoms with van der Waals surface area (Å²) in [6, 6.07) is 5.43. The average Bonchev–Trinajstić information content (AvgIpc) is 3.02. The first-order valence-electron chi connectivity index (χ1n) is 6.05. The molecule has 2 aromatic heterocycles. The summed E-state index contributed by atoms with van der Waals surface area (Å²) >= 11 is 6.21. The fourth-order valence-corrected chi connectivity index (χ4v) is 2.53. The molecule has 0 bridgehead atoms. The van der Waals surface area contributed by atoms with E-state index in [9.17, 15) is 9.90 Å². The molecule has 7 heteroatoms. The number of carboxylic acids is 1. The van der Waals surface area contributed by atoms with Gasteiger partial charge in [-0.3, -0.25) is 0 Å². The molecule has 0 aliphatic rings. The van der Waals surface area contributed by atoms with Crippen LogP contribution >= 0.6 is 11.6 Å². The first-order chi connectivity index (χ1) is 9.63. The number of aromatic nitrogens is 4. The van der Waals surface area contributed by atoms with Gasteiger partial charge in [-0.1, -0.05) is 17.7 Å². The predicted molar refractivity (Wildman–Crippen MR) is 75.0 cm³/mol. The molecule has 0 spiro atoms. The molecule has 0 atom stereocenters. The highest BCUT2D eigenvalue weighted by atomic mass is 35.5. The Bertz CT molecular complexity index is 806. The van der Waals surface area contributed by atoms with Crippen molar-refractivity contribution in [3.8, 4) is 11.5 Å². The Kier molecular flexibility index (Phi) is 2.94. The van der Waals surface area contributed by atoms with Gasteiger partial charge in [-0.15, -0.1) is 0 Å². The zero-order valence-corrected chi connectivity index (χ0v) is 11.3. The number of fused-ring (bicyclic) bond motifs is 1. The number of imidazole rings is 2. The number of rotatable bonds is 3. The second kappa shape index (κ2) is 4.64. The number of para-hydroxylation sites is 1. The van der Waals surface area contributed by atoms with Crippen molar-refractivity contribution in [1.82, 2.24) is 19.5 Å². The molecule has 102 valence electrons. The Morgan fingerprint density at radius 3 is 3.00 bits per heavy atom. The molecule has 0 unspecified atom stereocenters. The zero-order chi connectivity index (χ0) is 14.3. The molecule has 0 aliphatic heterocycles. The lowest BCUT2D eigenvalue weighted by Gasteiger charge is -2.05. The van der Waals surface area contributed by atoms with Crippen molar-refractivity contribution >= 4 is 28.6 Å². The Labute approximate surface area is 119 Å². The lowest BCUT2D eigenvalue weighted by Crippen LogP contribution is -2.04. The highest BCUT2D eigenvalue weighted by Crippen LogP contribution is 2.29. The van der Waals surface area contributed by atoms with E-state index >= 15 is 0 Å². The van der Waals surface area contributed by atoms with E-state index in [1.165, 1.54) is 6.33 Å². The highest BCUT2D eigenvalue weighted by Gasteiger charge is 2.21. The summed E-state index contributed by atoms with van der Waals surface area (Å²) < 4.78 is 1.86. The number of aryl methyl sites for hydroxylation is 1. The third-order valence-corrected chi connectivity index (χ3v) is 3.40. The molecular weight excluding hydrogens is 280 g/mol. The Hall–Kier alpha value is -2.34. The predicted octanol–water partition coefficient (Wildman–Crippen LogP) is 2.80. The Morgan fingerprint density at radius 1 is 1.50 bits per heavy atom. The van der Waals surface area contributed by atoms with Gasteiger partial charge in [0.15, 0.2) is 11.5 Å². The summed E-state index contributed by atoms with van der Waals surface area (Å²) in [5.41, 5.74) is 1.83. The minimum absolute atomic E-state index is 0.0196. The molecule has 0 amide bonds. The van der Waals surface area contributed by atoms with Crippen molar-refractivity contribution in [3.05, 3.63) is 35.2 Å². The van der Waals surface area contributed by atoms with Crippen molar-refractivity contribution in [2.45, 2.75) is 13.5 Å². The number of carboxylic acid groups (broad SMARTS) is 1. The molecule has 2 N–H and O–H groups in total. The molecule has 0 radical (unpaired) electrons. The first-order valence-corrected chi connectivity index (χ1v) is 6.43. The van der Waals surface area contributed by atoms with Crippen LogP contribution in [0.3, 0.4) is 0 Å². The van der Waals surface area contributed by atoms with E-state index in [-0.39, 0.29) is 5.69 Å². The van der Waals surface area contributed by atoms with Crippen LogP contribution in [0.25, 0.3) is 22.6 Å². The first kappa shape index (κ1) is 12.7. The molecule has 0 aliphatic carbocycles. The summed E-state index contributed by atoms with van der Waals surface area (Å²) in [5.74, 6) is -0.576. The number of carbonyl (C=O) groups is 1. The topological polar surface area (TPSA) is 83.8 Å². The molecule has 0 fully saturated rings. The Morgan fingerprint density at radius 2 is 2.30 bits per heavy atom. The largest absolute Gasteiger partial charge is 0.477 e. The lowest BCUT2D eigenvalue weighted by molar-refractivity contribution is 0.0692. The van der Waals surface area contributed by atoms with E-state index in [1.807, 2.05) is 23.6 Å². The standard InChI is InChI=1S/C13H11ClN4O2/c1-2-18-11-7(14)4-3-5-8(11)17-12(18)9-10(13(19)20)16-6-15-9/h3-6H,2H2,1H3,(H,15,16)(H,19,20). The van der Waals surface area contributed by atoms with Crippen molar-refractivity contribution in [3.63, 3.8) is 0 Å². The maximum atomic E-state index is 11.2. The van der Waals surface area contributed by atoms with Gasteiger partial charge in [-0.25, -0.2) is 14.8 Å². The number of nitrogens with one attached hydrogen (secondary N) is 1. The van der Waals surface area contributed by atoms with Crippen LogP contribution in [0.1, 0.15) is 17.4 Å². The second-order valence-electron chi connectivity index (χ2n) is 4.22. The van der Waals surface area contributed by atoms with Gasteiger partial charge >= 0.3 is 5.97 Å². The number of H-pyrrole nitrogens is 1. The average molecular weight is 291 g/mol. The van der Waals surface area contributed by atoms with Crippen LogP contribution in [0.4, 0.5) is 0 Å². The van der Waals surface area contributed by atoms with E-state index in [0.29, 0.717) is 28.6 Å². The van der Waals surface area contributed by atoms with Gasteiger partial charge in [0.1, 0.15) is 5.69 Å². The van der Waals surface area contributed by atoms with Crippen LogP contribution in [0.15, 0.2) is 24.5 Å². The molecule has 2 heterocycles. The van der Waals surface area contributed by atoms with Crippen LogP contribution in [0.5, 0.6) is 0 Å². The third-order valence-electron chi connectivity index (χ3n) is 3.10. The number of aromatic amines is 1. The highest BCUT2D eigenvalue weighted by molar-refractivity contribution is 6.35. The molecule has 0 saturated carbocycles. The lowest BCUT2D eigenvalue weighted by atomic mass is 10.3. The van der Waals surface area contributed by atoms with Gasteiger partial charge in [0.25, 0.3) is 0 Å². The van der Waals surface area contributed by atoms with Gasteiger partial charge in [-0.05, 0) is 19.1 Å². The van der Waals surface area contributed by atoms with Gasteiger partial charge in [0.05, 0.1) is 22.4 Å². The smallest absolute Gasteiger partial charge is 0.354 e. The number of halogens is 1.